The van der Waals surface area contributed by atoms with E-state index >= 15 is 0 Å². The van der Waals surface area contributed by atoms with Gasteiger partial charge in [0.2, 0.25) is 0 Å². The highest BCUT2D eigenvalue weighted by Gasteiger charge is 2.05. The summed E-state index contributed by atoms with van der Waals surface area (Å²) in [6, 6.07) is 5.06. The maximum atomic E-state index is 11.3. The fourth-order valence-corrected chi connectivity index (χ4v) is 1.32. The van der Waals surface area contributed by atoms with Crippen molar-refractivity contribution >= 4 is 5.97 Å². The number of ether oxygens (including phenoxy) is 1. The summed E-state index contributed by atoms with van der Waals surface area (Å²) in [7, 11) is 1.32. The normalized spacial score (nSPS) is 9.39. The number of hydrogen-bond donors (Lipinski definition) is 0. The van der Waals surface area contributed by atoms with Crippen LogP contribution in [-0.2, 0) is 11.3 Å². The summed E-state index contributed by atoms with van der Waals surface area (Å²) >= 11 is 0. The van der Waals surface area contributed by atoms with Gasteiger partial charge in [-0.15, -0.1) is 0 Å². The van der Waals surface area contributed by atoms with E-state index in [1.807, 2.05) is 10.8 Å². The van der Waals surface area contributed by atoms with Gasteiger partial charge in [0.25, 0.3) is 0 Å². The molecule has 18 heavy (non-hydrogen) atoms. The van der Waals surface area contributed by atoms with Crippen molar-refractivity contribution < 1.29 is 9.53 Å². The second kappa shape index (κ2) is 5.64. The van der Waals surface area contributed by atoms with E-state index in [2.05, 4.69) is 26.5 Å². The van der Waals surface area contributed by atoms with Gasteiger partial charge < -0.3 is 9.30 Å². The summed E-state index contributed by atoms with van der Waals surface area (Å²) in [6.07, 6.45) is 5.21. The molecule has 0 aliphatic rings. The second-order valence-corrected chi connectivity index (χ2v) is 3.44. The molecule has 2 heterocycles. The number of methoxy groups -OCH3 is 1. The summed E-state index contributed by atoms with van der Waals surface area (Å²) in [5.41, 5.74) is 0.796. The molecule has 0 amide bonds. The zero-order valence-corrected chi connectivity index (χ0v) is 9.83. The quantitative estimate of drug-likeness (QED) is 0.584. The summed E-state index contributed by atoms with van der Waals surface area (Å²) < 4.78 is 6.44. The molecule has 5 heteroatoms. The number of carbonyl (C=O) groups excluding carboxylic acids is 1. The molecule has 0 saturated carbocycles. The molecule has 0 saturated heterocycles. The molecule has 0 atom stereocenters. The Morgan fingerprint density at radius 3 is 3.11 bits per heavy atom. The minimum Gasteiger partial charge on any atom is -0.464 e. The van der Waals surface area contributed by atoms with Crippen molar-refractivity contribution in [2.75, 3.05) is 7.11 Å². The predicted octanol–water partition coefficient (Wildman–Crippen LogP) is 1.12. The molecule has 0 fully saturated rings. The monoisotopic (exact) mass is 241 g/mol. The van der Waals surface area contributed by atoms with E-state index < -0.39 is 5.97 Å². The molecular weight excluding hydrogens is 230 g/mol. The van der Waals surface area contributed by atoms with Gasteiger partial charge in [0.15, 0.2) is 0 Å². The summed E-state index contributed by atoms with van der Waals surface area (Å²) in [6.45, 7) is 0.532. The third kappa shape index (κ3) is 2.95. The topological polar surface area (TPSA) is 57.0 Å². The highest BCUT2D eigenvalue weighted by molar-refractivity contribution is 5.87. The van der Waals surface area contributed by atoms with Crippen LogP contribution in [0.25, 0.3) is 0 Å². The van der Waals surface area contributed by atoms with E-state index in [1.54, 1.807) is 30.7 Å². The molecule has 5 nitrogen and oxygen atoms in total. The summed E-state index contributed by atoms with van der Waals surface area (Å²) in [4.78, 5) is 19.3. The number of rotatable bonds is 2. The van der Waals surface area contributed by atoms with Crippen molar-refractivity contribution in [3.63, 3.8) is 0 Å². The predicted molar refractivity (Wildman–Crippen MR) is 64.7 cm³/mol. The Labute approximate surface area is 104 Å². The van der Waals surface area contributed by atoms with Crippen LogP contribution in [0.3, 0.4) is 0 Å². The standard InChI is InChI=1S/C13H11N3O2/c1-18-13(17)12-6-2-4-11(15-12)5-3-8-16-9-7-14-10-16/h2,4,6-7,9-10H,8H2,1H3. The van der Waals surface area contributed by atoms with Gasteiger partial charge in [-0.2, -0.15) is 0 Å². The number of carbonyl (C=O) groups is 1. The molecule has 90 valence electrons. The van der Waals surface area contributed by atoms with E-state index in [0.717, 1.165) is 0 Å². The van der Waals surface area contributed by atoms with E-state index in [4.69, 9.17) is 0 Å². The lowest BCUT2D eigenvalue weighted by Crippen LogP contribution is -2.04. The first-order chi connectivity index (χ1) is 8.79. The highest BCUT2D eigenvalue weighted by Crippen LogP contribution is 1.99. The molecule has 0 aliphatic carbocycles. The zero-order valence-electron chi connectivity index (χ0n) is 9.83. The van der Waals surface area contributed by atoms with Crippen molar-refractivity contribution in [2.24, 2.45) is 0 Å². The molecule has 2 aromatic rings. The van der Waals surface area contributed by atoms with Crippen LogP contribution in [0.15, 0.2) is 36.9 Å². The molecule has 0 bridgehead atoms. The average molecular weight is 241 g/mol. The van der Waals surface area contributed by atoms with Gasteiger partial charge in [0, 0.05) is 12.4 Å². The molecule has 2 rings (SSSR count). The van der Waals surface area contributed by atoms with Gasteiger partial charge in [0.1, 0.15) is 11.4 Å². The van der Waals surface area contributed by atoms with Crippen molar-refractivity contribution in [3.8, 4) is 11.8 Å². The smallest absolute Gasteiger partial charge is 0.356 e. The third-order valence-corrected chi connectivity index (χ3v) is 2.18. The van der Waals surface area contributed by atoms with Crippen LogP contribution in [0.5, 0.6) is 0 Å². The van der Waals surface area contributed by atoms with Crippen LogP contribution in [0.1, 0.15) is 16.2 Å². The van der Waals surface area contributed by atoms with Gasteiger partial charge in [-0.3, -0.25) is 0 Å². The Morgan fingerprint density at radius 2 is 2.39 bits per heavy atom. The Bertz CT molecular complexity index is 594. The van der Waals surface area contributed by atoms with Crippen LogP contribution >= 0.6 is 0 Å². The lowest BCUT2D eigenvalue weighted by Gasteiger charge is -1.97. The van der Waals surface area contributed by atoms with Crippen LogP contribution in [0, 0.1) is 11.8 Å². The molecule has 0 aromatic carbocycles. The second-order valence-electron chi connectivity index (χ2n) is 3.44. The van der Waals surface area contributed by atoms with Crippen molar-refractivity contribution in [3.05, 3.63) is 48.3 Å². The van der Waals surface area contributed by atoms with Gasteiger partial charge in [-0.25, -0.2) is 14.8 Å². The fourth-order valence-electron chi connectivity index (χ4n) is 1.32. The molecule has 2 aromatic heterocycles. The van der Waals surface area contributed by atoms with Gasteiger partial charge in [-0.05, 0) is 18.1 Å². The van der Waals surface area contributed by atoms with Crippen molar-refractivity contribution in [1.29, 1.82) is 0 Å². The number of aromatic nitrogens is 3. The lowest BCUT2D eigenvalue weighted by molar-refractivity contribution is 0.0594. The van der Waals surface area contributed by atoms with Gasteiger partial charge >= 0.3 is 5.97 Å². The number of imidazole rings is 1. The molecular formula is C13H11N3O2. The Kier molecular flexibility index (Phi) is 3.72. The summed E-state index contributed by atoms with van der Waals surface area (Å²) in [5.74, 6) is 5.37. The molecule has 0 unspecified atom stereocenters. The maximum absolute atomic E-state index is 11.3. The minimum atomic E-state index is -0.465. The van der Waals surface area contributed by atoms with Gasteiger partial charge in [-0.1, -0.05) is 12.0 Å². The Balaban J connectivity index is 2.10. The third-order valence-electron chi connectivity index (χ3n) is 2.18. The van der Waals surface area contributed by atoms with Crippen LogP contribution in [-0.4, -0.2) is 27.6 Å². The zero-order chi connectivity index (χ0) is 12.8. The van der Waals surface area contributed by atoms with Crippen molar-refractivity contribution in [1.82, 2.24) is 14.5 Å². The molecule has 0 aliphatic heterocycles. The van der Waals surface area contributed by atoms with Crippen LogP contribution in [0.2, 0.25) is 0 Å². The number of esters is 1. The minimum absolute atomic E-state index is 0.256. The van der Waals surface area contributed by atoms with E-state index in [-0.39, 0.29) is 5.69 Å². The van der Waals surface area contributed by atoms with E-state index in [9.17, 15) is 4.79 Å². The highest BCUT2D eigenvalue weighted by atomic mass is 16.5. The first-order valence-electron chi connectivity index (χ1n) is 5.29. The molecule has 0 radical (unpaired) electrons. The van der Waals surface area contributed by atoms with E-state index in [0.29, 0.717) is 12.2 Å². The molecule has 0 spiro atoms. The van der Waals surface area contributed by atoms with E-state index in [1.165, 1.54) is 7.11 Å². The van der Waals surface area contributed by atoms with Gasteiger partial charge in [0.05, 0.1) is 20.0 Å². The van der Waals surface area contributed by atoms with Crippen molar-refractivity contribution in [2.45, 2.75) is 6.54 Å². The number of hydrogen-bond acceptors (Lipinski definition) is 4. The number of nitrogens with zero attached hydrogens (tertiary/aromatic N) is 3. The maximum Gasteiger partial charge on any atom is 0.356 e. The average Bonchev–Trinajstić information content (AvgIpc) is 2.91. The lowest BCUT2D eigenvalue weighted by atomic mass is 10.3. The first-order valence-corrected chi connectivity index (χ1v) is 5.29. The number of pyridine rings is 1. The van der Waals surface area contributed by atoms with Crippen LogP contribution < -0.4 is 0 Å². The Hall–Kier alpha value is -2.61. The fraction of sp³-hybridized carbons (Fsp3) is 0.154. The first kappa shape index (κ1) is 11.9. The van der Waals surface area contributed by atoms with Crippen LogP contribution in [0.4, 0.5) is 0 Å². The molecule has 0 N–H and O–H groups in total. The SMILES string of the molecule is COC(=O)c1cccc(C#CCn2ccnc2)n1. The Morgan fingerprint density at radius 1 is 1.50 bits per heavy atom. The summed E-state index contributed by atoms with van der Waals surface area (Å²) in [5, 5.41) is 0. The largest absolute Gasteiger partial charge is 0.464 e.